The Morgan fingerprint density at radius 3 is 2.10 bits per heavy atom. The molecule has 1 aliphatic rings. The highest BCUT2D eigenvalue weighted by Crippen LogP contribution is 2.33. The van der Waals surface area contributed by atoms with E-state index in [1.165, 1.54) is 10.5 Å². The molecule has 0 radical (unpaired) electrons. The van der Waals surface area contributed by atoms with Gasteiger partial charge in [-0.05, 0) is 51.6 Å². The molecule has 1 fully saturated rings. The van der Waals surface area contributed by atoms with Crippen molar-refractivity contribution in [2.24, 2.45) is 5.73 Å². The minimum Gasteiger partial charge on any atom is -0.367 e. The molecule has 1 aromatic carbocycles. The van der Waals surface area contributed by atoms with Gasteiger partial charge >= 0.3 is 0 Å². The molecule has 1 aliphatic heterocycles. The number of nitrogens with zero attached hydrogens (tertiary/aromatic N) is 1. The third-order valence-electron chi connectivity index (χ3n) is 3.88. The smallest absolute Gasteiger partial charge is 0.0761 e. The molecule has 4 heteroatoms. The summed E-state index contributed by atoms with van der Waals surface area (Å²) in [5, 5.41) is 0. The maximum Gasteiger partial charge on any atom is 0.0761 e. The molecule has 21 heavy (non-hydrogen) atoms. The number of benzene rings is 1. The van der Waals surface area contributed by atoms with E-state index in [1.807, 2.05) is 0 Å². The molecule has 0 aromatic heterocycles. The first kappa shape index (κ1) is 16.8. The zero-order valence-corrected chi connectivity index (χ0v) is 14.7. The van der Waals surface area contributed by atoms with Crippen molar-refractivity contribution in [3.05, 3.63) is 29.8 Å². The summed E-state index contributed by atoms with van der Waals surface area (Å²) in [6.45, 7) is 11.1. The second kappa shape index (κ2) is 6.29. The highest BCUT2D eigenvalue weighted by molar-refractivity contribution is 7.98. The summed E-state index contributed by atoms with van der Waals surface area (Å²) in [5.41, 5.74) is 7.10. The second-order valence-corrected chi connectivity index (χ2v) is 7.93. The largest absolute Gasteiger partial charge is 0.367 e. The molecule has 2 N–H and O–H groups in total. The maximum atomic E-state index is 6.17. The molecule has 3 nitrogen and oxygen atoms in total. The quantitative estimate of drug-likeness (QED) is 0.866. The highest BCUT2D eigenvalue weighted by Gasteiger charge is 2.40. The first-order valence-electron chi connectivity index (χ1n) is 7.54. The number of hydrogen-bond acceptors (Lipinski definition) is 4. The van der Waals surface area contributed by atoms with E-state index in [0.29, 0.717) is 6.54 Å². The lowest BCUT2D eigenvalue weighted by molar-refractivity contribution is -0.187. The van der Waals surface area contributed by atoms with Gasteiger partial charge in [0, 0.05) is 30.6 Å². The van der Waals surface area contributed by atoms with Crippen molar-refractivity contribution < 1.29 is 4.74 Å². The van der Waals surface area contributed by atoms with E-state index in [2.05, 4.69) is 63.1 Å². The molecule has 1 unspecified atom stereocenters. The van der Waals surface area contributed by atoms with E-state index in [4.69, 9.17) is 10.5 Å². The maximum absolute atomic E-state index is 6.17. The minimum absolute atomic E-state index is 0.144. The Morgan fingerprint density at radius 1 is 1.14 bits per heavy atom. The Kier molecular flexibility index (Phi) is 5.03. The van der Waals surface area contributed by atoms with Crippen LogP contribution in [0, 0.1) is 0 Å². The molecule has 1 saturated heterocycles. The van der Waals surface area contributed by atoms with E-state index >= 15 is 0 Å². The minimum atomic E-state index is -0.144. The Balaban J connectivity index is 2.23. The van der Waals surface area contributed by atoms with E-state index in [9.17, 15) is 0 Å². The predicted molar refractivity (Wildman–Crippen MR) is 90.8 cm³/mol. The van der Waals surface area contributed by atoms with Crippen molar-refractivity contribution in [3.8, 4) is 0 Å². The molecular formula is C17H28N2OS. The van der Waals surface area contributed by atoms with Crippen molar-refractivity contribution in [3.63, 3.8) is 0 Å². The summed E-state index contributed by atoms with van der Waals surface area (Å²) in [5.74, 6) is 0. The average molecular weight is 308 g/mol. The van der Waals surface area contributed by atoms with Crippen LogP contribution in [-0.4, -0.2) is 42.0 Å². The van der Waals surface area contributed by atoms with Crippen LogP contribution >= 0.6 is 11.8 Å². The van der Waals surface area contributed by atoms with E-state index < -0.39 is 0 Å². The lowest BCUT2D eigenvalue weighted by Crippen LogP contribution is -2.58. The van der Waals surface area contributed by atoms with Gasteiger partial charge in [-0.2, -0.15) is 0 Å². The van der Waals surface area contributed by atoms with Crippen molar-refractivity contribution in [2.75, 3.05) is 25.9 Å². The van der Waals surface area contributed by atoms with Gasteiger partial charge in [-0.25, -0.2) is 0 Å². The number of rotatable bonds is 4. The molecule has 1 aromatic rings. The Bertz CT molecular complexity index is 454. The third kappa shape index (κ3) is 4.22. The van der Waals surface area contributed by atoms with Gasteiger partial charge in [0.05, 0.1) is 11.2 Å². The normalized spacial score (nSPS) is 23.0. The van der Waals surface area contributed by atoms with E-state index in [0.717, 1.165) is 13.1 Å². The van der Waals surface area contributed by atoms with Crippen LogP contribution in [0.5, 0.6) is 0 Å². The summed E-state index contributed by atoms with van der Waals surface area (Å²) < 4.78 is 6.17. The molecule has 0 saturated carbocycles. The predicted octanol–water partition coefficient (Wildman–Crippen LogP) is 3.30. The molecule has 0 aliphatic carbocycles. The van der Waals surface area contributed by atoms with Gasteiger partial charge in [0.25, 0.3) is 0 Å². The van der Waals surface area contributed by atoms with Crippen molar-refractivity contribution in [1.82, 2.24) is 4.90 Å². The standard InChI is InChI=1S/C17H28N2OS/c1-16(2)11-19(12-17(3,4)20-16)15(10-18)13-6-8-14(21-5)9-7-13/h6-9,15H,10-12,18H2,1-5H3. The number of nitrogens with two attached hydrogens (primary N) is 1. The van der Waals surface area contributed by atoms with Crippen LogP contribution in [0.1, 0.15) is 39.3 Å². The number of ether oxygens (including phenoxy) is 1. The van der Waals surface area contributed by atoms with Crippen LogP contribution < -0.4 is 5.73 Å². The topological polar surface area (TPSA) is 38.5 Å². The van der Waals surface area contributed by atoms with Gasteiger partial charge in [-0.1, -0.05) is 12.1 Å². The van der Waals surface area contributed by atoms with Crippen LogP contribution in [0.15, 0.2) is 29.2 Å². The zero-order chi connectivity index (χ0) is 15.7. The highest BCUT2D eigenvalue weighted by atomic mass is 32.2. The van der Waals surface area contributed by atoms with Gasteiger partial charge in [0.1, 0.15) is 0 Å². The van der Waals surface area contributed by atoms with Gasteiger partial charge in [0.2, 0.25) is 0 Å². The zero-order valence-electron chi connectivity index (χ0n) is 13.8. The summed E-state index contributed by atoms with van der Waals surface area (Å²) in [6.07, 6.45) is 2.10. The molecule has 0 spiro atoms. The first-order chi connectivity index (χ1) is 9.76. The van der Waals surface area contributed by atoms with E-state index in [-0.39, 0.29) is 17.2 Å². The van der Waals surface area contributed by atoms with Crippen LogP contribution in [0.25, 0.3) is 0 Å². The fraction of sp³-hybridized carbons (Fsp3) is 0.647. The molecule has 1 heterocycles. The number of thioether (sulfide) groups is 1. The fourth-order valence-electron chi connectivity index (χ4n) is 3.39. The molecule has 1 atom stereocenters. The molecule has 118 valence electrons. The Morgan fingerprint density at radius 2 is 1.67 bits per heavy atom. The van der Waals surface area contributed by atoms with Crippen LogP contribution in [0.2, 0.25) is 0 Å². The molecule has 0 amide bonds. The van der Waals surface area contributed by atoms with Gasteiger partial charge < -0.3 is 10.5 Å². The van der Waals surface area contributed by atoms with Crippen LogP contribution in [0.3, 0.4) is 0 Å². The summed E-state index contributed by atoms with van der Waals surface area (Å²) in [6, 6.07) is 9.03. The van der Waals surface area contributed by atoms with Gasteiger partial charge in [-0.15, -0.1) is 11.8 Å². The number of hydrogen-bond donors (Lipinski definition) is 1. The lowest BCUT2D eigenvalue weighted by Gasteiger charge is -2.49. The monoisotopic (exact) mass is 308 g/mol. The molecule has 0 bridgehead atoms. The molecular weight excluding hydrogens is 280 g/mol. The number of morpholine rings is 1. The van der Waals surface area contributed by atoms with Gasteiger partial charge in [0.15, 0.2) is 0 Å². The lowest BCUT2D eigenvalue weighted by atomic mass is 9.95. The fourth-order valence-corrected chi connectivity index (χ4v) is 3.80. The van der Waals surface area contributed by atoms with Crippen LogP contribution in [0.4, 0.5) is 0 Å². The summed E-state index contributed by atoms with van der Waals surface area (Å²) >= 11 is 1.77. The third-order valence-corrected chi connectivity index (χ3v) is 4.63. The van der Waals surface area contributed by atoms with Crippen molar-refractivity contribution in [1.29, 1.82) is 0 Å². The van der Waals surface area contributed by atoms with Crippen molar-refractivity contribution >= 4 is 11.8 Å². The Labute approximate surface area is 133 Å². The summed E-state index contributed by atoms with van der Waals surface area (Å²) in [4.78, 5) is 3.76. The van der Waals surface area contributed by atoms with Crippen molar-refractivity contribution in [2.45, 2.75) is 49.8 Å². The summed E-state index contributed by atoms with van der Waals surface area (Å²) in [7, 11) is 0. The SMILES string of the molecule is CSc1ccc(C(CN)N2CC(C)(C)OC(C)(C)C2)cc1. The van der Waals surface area contributed by atoms with Gasteiger partial charge in [-0.3, -0.25) is 4.90 Å². The first-order valence-corrected chi connectivity index (χ1v) is 8.77. The average Bonchev–Trinajstić information content (AvgIpc) is 2.37. The Hall–Kier alpha value is -0.550. The van der Waals surface area contributed by atoms with Crippen LogP contribution in [-0.2, 0) is 4.74 Å². The van der Waals surface area contributed by atoms with E-state index in [1.54, 1.807) is 11.8 Å². The molecule has 2 rings (SSSR count). The second-order valence-electron chi connectivity index (χ2n) is 7.05.